The van der Waals surface area contributed by atoms with Crippen molar-refractivity contribution in [3.8, 4) is 0 Å². The van der Waals surface area contributed by atoms with Crippen LogP contribution < -0.4 is 11.1 Å². The molecule has 0 unspecified atom stereocenters. The van der Waals surface area contributed by atoms with Crippen LogP contribution in [0, 0.1) is 11.8 Å². The van der Waals surface area contributed by atoms with E-state index < -0.39 is 6.04 Å². The third-order valence-electron chi connectivity index (χ3n) is 6.24. The Morgan fingerprint density at radius 3 is 2.45 bits per heavy atom. The second-order valence-corrected chi connectivity index (χ2v) is 8.55. The predicted octanol–water partition coefficient (Wildman–Crippen LogP) is 2.80. The lowest BCUT2D eigenvalue weighted by Gasteiger charge is -2.36. The molecule has 1 heterocycles. The molecule has 29 heavy (non-hydrogen) atoms. The van der Waals surface area contributed by atoms with Gasteiger partial charge >= 0.3 is 0 Å². The molecular formula is C24H40N3O2+. The monoisotopic (exact) mass is 402 g/mol. The molecule has 5 heteroatoms. The van der Waals surface area contributed by atoms with Gasteiger partial charge in [-0.25, -0.2) is 0 Å². The van der Waals surface area contributed by atoms with Crippen molar-refractivity contribution in [1.29, 1.82) is 0 Å². The van der Waals surface area contributed by atoms with E-state index in [1.807, 2.05) is 4.90 Å². The fraction of sp³-hybridized carbons (Fsp3) is 0.667. The molecule has 1 aromatic rings. The molecule has 2 atom stereocenters. The maximum atomic E-state index is 13.2. The van der Waals surface area contributed by atoms with Crippen LogP contribution in [0.25, 0.3) is 0 Å². The first-order chi connectivity index (χ1) is 14.0. The lowest BCUT2D eigenvalue weighted by atomic mass is 9.89. The van der Waals surface area contributed by atoms with E-state index >= 15 is 0 Å². The van der Waals surface area contributed by atoms with Gasteiger partial charge in [0.05, 0.1) is 6.54 Å². The van der Waals surface area contributed by atoms with Gasteiger partial charge in [-0.3, -0.25) is 9.59 Å². The highest BCUT2D eigenvalue weighted by molar-refractivity contribution is 5.88. The van der Waals surface area contributed by atoms with E-state index in [9.17, 15) is 9.59 Å². The fourth-order valence-corrected chi connectivity index (χ4v) is 4.07. The number of carbonyl (C=O) groups excluding carboxylic acids is 2. The summed E-state index contributed by atoms with van der Waals surface area (Å²) in [5, 5.41) is 3.05. The van der Waals surface area contributed by atoms with Crippen molar-refractivity contribution in [2.75, 3.05) is 19.6 Å². The first-order valence-electron chi connectivity index (χ1n) is 11.5. The number of hydrogen-bond donors (Lipinski definition) is 2. The Kier molecular flexibility index (Phi) is 10.2. The van der Waals surface area contributed by atoms with Gasteiger partial charge in [-0.15, -0.1) is 0 Å². The first kappa shape index (κ1) is 23.4. The molecule has 1 fully saturated rings. The molecule has 0 saturated carbocycles. The molecule has 1 aliphatic rings. The minimum atomic E-state index is -0.397. The van der Waals surface area contributed by atoms with Crippen molar-refractivity contribution in [3.63, 3.8) is 0 Å². The van der Waals surface area contributed by atoms with Crippen LogP contribution in [0.15, 0.2) is 30.3 Å². The highest BCUT2D eigenvalue weighted by atomic mass is 16.2. The van der Waals surface area contributed by atoms with E-state index in [-0.39, 0.29) is 17.7 Å². The van der Waals surface area contributed by atoms with Crippen LogP contribution in [0.2, 0.25) is 0 Å². The SMILES string of the molecule is CC[C@H](C)[C@H](NC(=O)CCCCC[NH3+])C(=O)N1CCC(Cc2ccccc2)CC1. The number of quaternary nitrogens is 1. The van der Waals surface area contributed by atoms with E-state index in [4.69, 9.17) is 0 Å². The summed E-state index contributed by atoms with van der Waals surface area (Å²) in [6.45, 7) is 6.65. The molecule has 0 bridgehead atoms. The summed E-state index contributed by atoms with van der Waals surface area (Å²) in [5.74, 6) is 0.884. The fourth-order valence-electron chi connectivity index (χ4n) is 4.07. The average molecular weight is 403 g/mol. The van der Waals surface area contributed by atoms with Gasteiger partial charge in [0.15, 0.2) is 0 Å². The van der Waals surface area contributed by atoms with Gasteiger partial charge in [0.25, 0.3) is 0 Å². The first-order valence-corrected chi connectivity index (χ1v) is 11.5. The Bertz CT molecular complexity index is 612. The smallest absolute Gasteiger partial charge is 0.245 e. The lowest BCUT2D eigenvalue weighted by molar-refractivity contribution is -0.368. The van der Waals surface area contributed by atoms with Gasteiger partial charge in [-0.1, -0.05) is 50.6 Å². The van der Waals surface area contributed by atoms with Gasteiger partial charge < -0.3 is 16.0 Å². The molecule has 0 aliphatic carbocycles. The van der Waals surface area contributed by atoms with Crippen LogP contribution in [0.4, 0.5) is 0 Å². The van der Waals surface area contributed by atoms with Crippen molar-refractivity contribution in [1.82, 2.24) is 10.2 Å². The van der Waals surface area contributed by atoms with E-state index in [0.29, 0.717) is 12.3 Å². The molecule has 2 amide bonds. The summed E-state index contributed by atoms with van der Waals surface area (Å²) in [5.41, 5.74) is 5.21. The number of hydrogen-bond acceptors (Lipinski definition) is 2. The van der Waals surface area contributed by atoms with E-state index in [1.54, 1.807) is 0 Å². The number of nitrogens with one attached hydrogen (secondary N) is 1. The van der Waals surface area contributed by atoms with Gasteiger partial charge in [0.1, 0.15) is 6.04 Å². The second kappa shape index (κ2) is 12.6. The lowest BCUT2D eigenvalue weighted by Crippen LogP contribution is -2.53. The van der Waals surface area contributed by atoms with Crippen molar-refractivity contribution < 1.29 is 15.3 Å². The molecule has 5 nitrogen and oxygen atoms in total. The van der Waals surface area contributed by atoms with Gasteiger partial charge in [-0.05, 0) is 55.9 Å². The zero-order valence-electron chi connectivity index (χ0n) is 18.4. The van der Waals surface area contributed by atoms with E-state index in [2.05, 4.69) is 55.2 Å². The van der Waals surface area contributed by atoms with Crippen LogP contribution in [0.1, 0.15) is 64.4 Å². The summed E-state index contributed by atoms with van der Waals surface area (Å²) in [6, 6.07) is 10.2. The van der Waals surface area contributed by atoms with Crippen molar-refractivity contribution in [2.24, 2.45) is 11.8 Å². The number of rotatable bonds is 11. The predicted molar refractivity (Wildman–Crippen MR) is 117 cm³/mol. The molecular weight excluding hydrogens is 362 g/mol. The van der Waals surface area contributed by atoms with E-state index in [0.717, 1.165) is 64.6 Å². The maximum Gasteiger partial charge on any atom is 0.245 e. The molecule has 0 spiro atoms. The topological polar surface area (TPSA) is 77.0 Å². The van der Waals surface area contributed by atoms with Gasteiger partial charge in [-0.2, -0.15) is 0 Å². The number of amides is 2. The Balaban J connectivity index is 1.85. The molecule has 2 rings (SSSR count). The van der Waals surface area contributed by atoms with Crippen LogP contribution >= 0.6 is 0 Å². The second-order valence-electron chi connectivity index (χ2n) is 8.55. The summed E-state index contributed by atoms with van der Waals surface area (Å²) in [6.07, 6.45) is 7.48. The highest BCUT2D eigenvalue weighted by Crippen LogP contribution is 2.23. The Morgan fingerprint density at radius 2 is 1.83 bits per heavy atom. The summed E-state index contributed by atoms with van der Waals surface area (Å²) in [4.78, 5) is 27.5. The van der Waals surface area contributed by atoms with Gasteiger partial charge in [0.2, 0.25) is 11.8 Å². The van der Waals surface area contributed by atoms with Crippen molar-refractivity contribution in [3.05, 3.63) is 35.9 Å². The number of likely N-dealkylation sites (tertiary alicyclic amines) is 1. The Labute approximate surface area is 176 Å². The molecule has 1 aliphatic heterocycles. The number of unbranched alkanes of at least 4 members (excludes halogenated alkanes) is 2. The van der Waals surface area contributed by atoms with Crippen LogP contribution in [-0.4, -0.2) is 42.4 Å². The number of nitrogens with zero attached hydrogens (tertiary/aromatic N) is 1. The number of carbonyl (C=O) groups is 2. The maximum absolute atomic E-state index is 13.2. The minimum Gasteiger partial charge on any atom is -0.358 e. The minimum absolute atomic E-state index is 0.00618. The zero-order valence-corrected chi connectivity index (χ0v) is 18.4. The number of benzene rings is 1. The quantitative estimate of drug-likeness (QED) is 0.558. The third kappa shape index (κ3) is 7.81. The van der Waals surface area contributed by atoms with Crippen molar-refractivity contribution in [2.45, 2.75) is 71.3 Å². The number of piperidine rings is 1. The standard InChI is InChI=1S/C24H39N3O2/c1-3-19(2)23(26-22(28)12-8-5-9-15-25)24(29)27-16-13-21(14-17-27)18-20-10-6-4-7-11-20/h4,6-7,10-11,19,21,23H,3,5,8-9,12-18,25H2,1-2H3,(H,26,28)/p+1/t19-,23-/m0/s1. The Morgan fingerprint density at radius 1 is 1.14 bits per heavy atom. The molecule has 0 radical (unpaired) electrons. The van der Waals surface area contributed by atoms with Crippen LogP contribution in [-0.2, 0) is 16.0 Å². The normalized spacial score (nSPS) is 17.0. The zero-order chi connectivity index (χ0) is 21.1. The van der Waals surface area contributed by atoms with Gasteiger partial charge in [0, 0.05) is 19.5 Å². The molecule has 162 valence electrons. The largest absolute Gasteiger partial charge is 0.358 e. The van der Waals surface area contributed by atoms with Crippen LogP contribution in [0.5, 0.6) is 0 Å². The molecule has 1 aromatic carbocycles. The van der Waals surface area contributed by atoms with Crippen LogP contribution in [0.3, 0.4) is 0 Å². The summed E-state index contributed by atoms with van der Waals surface area (Å²) in [7, 11) is 0. The molecule has 4 N–H and O–H groups in total. The molecule has 0 aromatic heterocycles. The average Bonchev–Trinajstić information content (AvgIpc) is 2.75. The van der Waals surface area contributed by atoms with Crippen molar-refractivity contribution >= 4 is 11.8 Å². The highest BCUT2D eigenvalue weighted by Gasteiger charge is 2.32. The summed E-state index contributed by atoms with van der Waals surface area (Å²) >= 11 is 0. The van der Waals surface area contributed by atoms with E-state index in [1.165, 1.54) is 5.56 Å². The third-order valence-corrected chi connectivity index (χ3v) is 6.24. The Hall–Kier alpha value is -1.88. The molecule has 1 saturated heterocycles. The summed E-state index contributed by atoms with van der Waals surface area (Å²) < 4.78 is 0.